The minimum atomic E-state index is 0.452. The number of nitrogens with zero attached hydrogens (tertiary/aromatic N) is 4. The summed E-state index contributed by atoms with van der Waals surface area (Å²) in [5.41, 5.74) is 3.35. The van der Waals surface area contributed by atoms with Gasteiger partial charge in [-0.25, -0.2) is 15.0 Å². The second kappa shape index (κ2) is 8.46. The van der Waals surface area contributed by atoms with E-state index >= 15 is 0 Å². The number of piperidine rings is 1. The van der Waals surface area contributed by atoms with Crippen LogP contribution in [0.3, 0.4) is 0 Å². The van der Waals surface area contributed by atoms with Crippen LogP contribution >= 0.6 is 11.3 Å². The first-order chi connectivity index (χ1) is 13.2. The van der Waals surface area contributed by atoms with Crippen molar-refractivity contribution in [3.63, 3.8) is 0 Å². The van der Waals surface area contributed by atoms with Crippen LogP contribution in [0.1, 0.15) is 36.8 Å². The number of aryl methyl sites for hydroxylation is 1. The van der Waals surface area contributed by atoms with Crippen LogP contribution in [-0.2, 0) is 4.74 Å². The van der Waals surface area contributed by atoms with E-state index in [-0.39, 0.29) is 0 Å². The molecule has 6 nitrogen and oxygen atoms in total. The van der Waals surface area contributed by atoms with Crippen molar-refractivity contribution in [1.29, 1.82) is 0 Å². The molecule has 144 valence electrons. The van der Waals surface area contributed by atoms with Crippen LogP contribution < -0.4 is 5.32 Å². The minimum absolute atomic E-state index is 0.452. The molecule has 1 fully saturated rings. The number of hydrogen-bond donors (Lipinski definition) is 1. The molecule has 0 atom stereocenters. The third-order valence-corrected chi connectivity index (χ3v) is 6.40. The van der Waals surface area contributed by atoms with Crippen LogP contribution in [0.4, 0.5) is 5.95 Å². The highest BCUT2D eigenvalue weighted by molar-refractivity contribution is 7.16. The Hall–Kier alpha value is -1.83. The topological polar surface area (TPSA) is 63.2 Å². The van der Waals surface area contributed by atoms with Crippen LogP contribution in [0.2, 0.25) is 0 Å². The summed E-state index contributed by atoms with van der Waals surface area (Å²) in [5.74, 6) is 0.728. The predicted molar refractivity (Wildman–Crippen MR) is 110 cm³/mol. The summed E-state index contributed by atoms with van der Waals surface area (Å²) in [6.45, 7) is 9.16. The molecule has 2 aliphatic heterocycles. The number of anilines is 1. The van der Waals surface area contributed by atoms with Gasteiger partial charge in [-0.3, -0.25) is 0 Å². The van der Waals surface area contributed by atoms with E-state index in [1.54, 1.807) is 11.3 Å². The number of nitrogens with one attached hydrogen (secondary N) is 1. The lowest BCUT2D eigenvalue weighted by Gasteiger charge is -2.31. The third-order valence-electron chi connectivity index (χ3n) is 5.32. The third kappa shape index (κ3) is 4.36. The zero-order valence-electron chi connectivity index (χ0n) is 16.1. The van der Waals surface area contributed by atoms with Crippen molar-refractivity contribution in [2.45, 2.75) is 39.2 Å². The Balaban J connectivity index is 1.49. The van der Waals surface area contributed by atoms with Crippen LogP contribution in [0.5, 0.6) is 0 Å². The predicted octanol–water partition coefficient (Wildman–Crippen LogP) is 3.61. The van der Waals surface area contributed by atoms with E-state index in [0.29, 0.717) is 12.6 Å². The molecule has 0 saturated carbocycles. The van der Waals surface area contributed by atoms with Crippen molar-refractivity contribution in [3.05, 3.63) is 29.0 Å². The first-order valence-corrected chi connectivity index (χ1v) is 10.6. The van der Waals surface area contributed by atoms with Gasteiger partial charge in [0.1, 0.15) is 5.01 Å². The average molecular weight is 386 g/mol. The summed E-state index contributed by atoms with van der Waals surface area (Å²) in [6, 6.07) is 0.452. The molecule has 0 unspecified atom stereocenters. The van der Waals surface area contributed by atoms with E-state index in [1.807, 2.05) is 12.4 Å². The summed E-state index contributed by atoms with van der Waals surface area (Å²) in [7, 11) is 0. The molecule has 7 heteroatoms. The minimum Gasteiger partial charge on any atom is -0.377 e. The number of aromatic nitrogens is 3. The number of rotatable bonds is 5. The van der Waals surface area contributed by atoms with Gasteiger partial charge in [0.25, 0.3) is 0 Å². The molecule has 0 bridgehead atoms. The maximum atomic E-state index is 5.40. The molecule has 4 rings (SSSR count). The molecular formula is C20H27N5OS. The fraction of sp³-hybridized carbons (Fsp3) is 0.550. The Morgan fingerprint density at radius 1 is 1.26 bits per heavy atom. The molecule has 0 aliphatic carbocycles. The van der Waals surface area contributed by atoms with Crippen LogP contribution in [0, 0.1) is 6.92 Å². The van der Waals surface area contributed by atoms with E-state index in [0.717, 1.165) is 72.6 Å². The molecule has 27 heavy (non-hydrogen) atoms. The molecular weight excluding hydrogens is 358 g/mol. The summed E-state index contributed by atoms with van der Waals surface area (Å²) >= 11 is 1.71. The SMILES string of the molecule is CCN1CCC(Nc2ncc(C)c(-c3cnc(C4=CCOCC4)s3)n2)CC1. The average Bonchev–Trinajstić information content (AvgIpc) is 3.21. The fourth-order valence-corrected chi connectivity index (χ4v) is 4.63. The highest BCUT2D eigenvalue weighted by Gasteiger charge is 2.19. The maximum Gasteiger partial charge on any atom is 0.223 e. The number of ether oxygens (including phenoxy) is 1. The van der Waals surface area contributed by atoms with Crippen molar-refractivity contribution in [2.24, 2.45) is 0 Å². The lowest BCUT2D eigenvalue weighted by Crippen LogP contribution is -2.39. The Labute approximate surface area is 164 Å². The molecule has 2 aromatic heterocycles. The fourth-order valence-electron chi connectivity index (χ4n) is 3.59. The lowest BCUT2D eigenvalue weighted by molar-refractivity contribution is 0.161. The molecule has 1 N–H and O–H groups in total. The van der Waals surface area contributed by atoms with Crippen molar-refractivity contribution in [2.75, 3.05) is 38.2 Å². The van der Waals surface area contributed by atoms with Crippen molar-refractivity contribution in [1.82, 2.24) is 19.9 Å². The number of thiazole rings is 1. The molecule has 2 aromatic rings. The van der Waals surface area contributed by atoms with E-state index in [1.165, 1.54) is 5.57 Å². The molecule has 0 aromatic carbocycles. The van der Waals surface area contributed by atoms with Gasteiger partial charge in [-0.05, 0) is 43.9 Å². The van der Waals surface area contributed by atoms with E-state index < -0.39 is 0 Å². The first kappa shape index (κ1) is 18.5. The highest BCUT2D eigenvalue weighted by atomic mass is 32.1. The second-order valence-electron chi connectivity index (χ2n) is 7.16. The van der Waals surface area contributed by atoms with Crippen molar-refractivity contribution >= 4 is 22.9 Å². The standard InChI is InChI=1S/C20H27N5OS/c1-3-25-8-4-16(5-9-25)23-20-22-12-14(2)18(24-20)17-13-21-19(27-17)15-6-10-26-11-7-15/h6,12-13,16H,3-5,7-11H2,1-2H3,(H,22,23,24). The molecule has 0 spiro atoms. The van der Waals surface area contributed by atoms with E-state index in [9.17, 15) is 0 Å². The van der Waals surface area contributed by atoms with Gasteiger partial charge in [-0.15, -0.1) is 11.3 Å². The second-order valence-corrected chi connectivity index (χ2v) is 8.19. The van der Waals surface area contributed by atoms with Gasteiger partial charge < -0.3 is 15.0 Å². The Morgan fingerprint density at radius 2 is 2.11 bits per heavy atom. The smallest absolute Gasteiger partial charge is 0.223 e. The Bertz CT molecular complexity index is 810. The Kier molecular flexibility index (Phi) is 5.80. The van der Waals surface area contributed by atoms with Crippen molar-refractivity contribution in [3.8, 4) is 10.6 Å². The monoisotopic (exact) mass is 385 g/mol. The van der Waals surface area contributed by atoms with Crippen LogP contribution in [0.15, 0.2) is 18.5 Å². The molecule has 0 radical (unpaired) electrons. The molecule has 0 amide bonds. The number of hydrogen-bond acceptors (Lipinski definition) is 7. The molecule has 1 saturated heterocycles. The number of likely N-dealkylation sites (tertiary alicyclic amines) is 1. The van der Waals surface area contributed by atoms with E-state index in [4.69, 9.17) is 9.72 Å². The van der Waals surface area contributed by atoms with Gasteiger partial charge in [0, 0.05) is 31.5 Å². The Morgan fingerprint density at radius 3 is 2.85 bits per heavy atom. The zero-order valence-corrected chi connectivity index (χ0v) is 16.9. The van der Waals surface area contributed by atoms with Crippen LogP contribution in [-0.4, -0.2) is 58.7 Å². The zero-order chi connectivity index (χ0) is 18.6. The van der Waals surface area contributed by atoms with Gasteiger partial charge in [-0.2, -0.15) is 0 Å². The van der Waals surface area contributed by atoms with Gasteiger partial charge in [0.15, 0.2) is 0 Å². The van der Waals surface area contributed by atoms with Gasteiger partial charge in [0.2, 0.25) is 5.95 Å². The van der Waals surface area contributed by atoms with E-state index in [2.05, 4.69) is 40.1 Å². The largest absolute Gasteiger partial charge is 0.377 e. The van der Waals surface area contributed by atoms with Gasteiger partial charge >= 0.3 is 0 Å². The normalized spacial score (nSPS) is 19.1. The maximum absolute atomic E-state index is 5.40. The quantitative estimate of drug-likeness (QED) is 0.848. The van der Waals surface area contributed by atoms with Gasteiger partial charge in [0.05, 0.1) is 23.8 Å². The summed E-state index contributed by atoms with van der Waals surface area (Å²) in [5, 5.41) is 4.62. The summed E-state index contributed by atoms with van der Waals surface area (Å²) in [6.07, 6.45) is 9.20. The van der Waals surface area contributed by atoms with Gasteiger partial charge in [-0.1, -0.05) is 13.0 Å². The molecule has 4 heterocycles. The highest BCUT2D eigenvalue weighted by Crippen LogP contribution is 2.32. The lowest BCUT2D eigenvalue weighted by atomic mass is 10.1. The molecule has 2 aliphatic rings. The first-order valence-electron chi connectivity index (χ1n) is 9.79. The summed E-state index contributed by atoms with van der Waals surface area (Å²) < 4.78 is 5.40. The van der Waals surface area contributed by atoms with Crippen molar-refractivity contribution < 1.29 is 4.74 Å². The summed E-state index contributed by atoms with van der Waals surface area (Å²) in [4.78, 5) is 17.6. The van der Waals surface area contributed by atoms with Crippen LogP contribution in [0.25, 0.3) is 16.1 Å².